The molecule has 9 heteroatoms. The van der Waals surface area contributed by atoms with Gasteiger partial charge in [0, 0.05) is 42.9 Å². The zero-order valence-electron chi connectivity index (χ0n) is 20.7. The molecule has 186 valence electrons. The minimum Gasteiger partial charge on any atom is -0.422 e. The molecular weight excluding hydrogens is 456 g/mol. The number of amides is 1. The normalized spacial score (nSPS) is 13.7. The van der Waals surface area contributed by atoms with Crippen molar-refractivity contribution in [2.45, 2.75) is 33.6 Å². The standard InChI is InChI=1S/C25H24N6O3.C2H6/c1-16-7-10-30(11-8-16)24(32)19-12-18(14-26-15-19)17-4-2-5-20(13-17)28-22-21-6-3-9-27-23(21)31(34)25(33)29-22;1-2/h2-6,9,12-16,34H,7-8,10-11H2,1H3,(H,28,29,33);1-2H3. The van der Waals surface area contributed by atoms with Gasteiger partial charge in [-0.1, -0.05) is 32.9 Å². The van der Waals surface area contributed by atoms with Crippen molar-refractivity contribution < 1.29 is 10.0 Å². The number of likely N-dealkylation sites (tertiary alicyclic amines) is 1. The first kappa shape index (κ1) is 24.8. The molecule has 1 fully saturated rings. The molecule has 3 aromatic heterocycles. The molecule has 9 nitrogen and oxygen atoms in total. The topological polar surface area (TPSA) is 113 Å². The summed E-state index contributed by atoms with van der Waals surface area (Å²) in [6.07, 6.45) is 6.86. The second kappa shape index (κ2) is 11.0. The molecule has 1 aromatic carbocycles. The fourth-order valence-electron chi connectivity index (χ4n) is 4.16. The minimum atomic E-state index is -0.827. The van der Waals surface area contributed by atoms with E-state index in [-0.39, 0.29) is 17.4 Å². The van der Waals surface area contributed by atoms with E-state index in [1.165, 1.54) is 6.20 Å². The Hall–Kier alpha value is -4.27. The summed E-state index contributed by atoms with van der Waals surface area (Å²) in [5, 5.41) is 13.6. The van der Waals surface area contributed by atoms with Crippen molar-refractivity contribution in [3.8, 4) is 11.1 Å². The number of hydrogen-bond donors (Lipinski definition) is 2. The Bertz CT molecular complexity index is 1430. The van der Waals surface area contributed by atoms with Crippen molar-refractivity contribution in [3.05, 3.63) is 77.1 Å². The molecular formula is C27H30N6O3. The van der Waals surface area contributed by atoms with Crippen molar-refractivity contribution in [1.82, 2.24) is 24.6 Å². The van der Waals surface area contributed by atoms with Crippen LogP contribution in [0, 0.1) is 5.92 Å². The first-order valence-corrected chi connectivity index (χ1v) is 12.2. The minimum absolute atomic E-state index is 0.00303. The van der Waals surface area contributed by atoms with Crippen molar-refractivity contribution in [2.75, 3.05) is 18.4 Å². The van der Waals surface area contributed by atoms with Crippen molar-refractivity contribution in [3.63, 3.8) is 0 Å². The Labute approximate surface area is 209 Å². The lowest BCUT2D eigenvalue weighted by Gasteiger charge is -2.30. The summed E-state index contributed by atoms with van der Waals surface area (Å²) < 4.78 is 0.425. The number of piperidine rings is 1. The van der Waals surface area contributed by atoms with Gasteiger partial charge in [-0.05, 0) is 54.7 Å². The van der Waals surface area contributed by atoms with Crippen LogP contribution in [0.4, 0.5) is 11.5 Å². The molecule has 0 saturated carbocycles. The third kappa shape index (κ3) is 5.19. The maximum atomic E-state index is 13.0. The molecule has 0 spiro atoms. The van der Waals surface area contributed by atoms with E-state index in [9.17, 15) is 14.8 Å². The molecule has 0 bridgehead atoms. The van der Waals surface area contributed by atoms with Crippen LogP contribution in [0.5, 0.6) is 0 Å². The van der Waals surface area contributed by atoms with Crippen molar-refractivity contribution in [2.24, 2.45) is 5.92 Å². The highest BCUT2D eigenvalue weighted by Gasteiger charge is 2.22. The van der Waals surface area contributed by atoms with E-state index in [1.807, 2.05) is 49.1 Å². The molecule has 0 radical (unpaired) electrons. The van der Waals surface area contributed by atoms with Crippen LogP contribution in [-0.2, 0) is 0 Å². The molecule has 2 N–H and O–H groups in total. The van der Waals surface area contributed by atoms with Gasteiger partial charge < -0.3 is 15.4 Å². The number of nitrogens with one attached hydrogen (secondary N) is 1. The summed E-state index contributed by atoms with van der Waals surface area (Å²) in [7, 11) is 0. The quantitative estimate of drug-likeness (QED) is 0.401. The summed E-state index contributed by atoms with van der Waals surface area (Å²) in [6.45, 7) is 7.76. The largest absolute Gasteiger partial charge is 0.422 e. The molecule has 5 rings (SSSR count). The number of rotatable bonds is 4. The SMILES string of the molecule is CC.CC1CCN(C(=O)c2cncc(-c3cccc(Nc4nc(=O)n(O)c5ncccc45)c3)c2)CC1. The average molecular weight is 487 g/mol. The maximum Gasteiger partial charge on any atom is 0.384 e. The predicted octanol–water partition coefficient (Wildman–Crippen LogP) is 4.73. The number of carbonyl (C=O) groups is 1. The van der Waals surface area contributed by atoms with Gasteiger partial charge in [-0.25, -0.2) is 9.78 Å². The molecule has 1 amide bonds. The van der Waals surface area contributed by atoms with E-state index in [0.29, 0.717) is 27.3 Å². The van der Waals surface area contributed by atoms with E-state index < -0.39 is 5.69 Å². The summed E-state index contributed by atoms with van der Waals surface area (Å²) in [6, 6.07) is 12.8. The van der Waals surface area contributed by atoms with Crippen LogP contribution in [0.15, 0.2) is 65.8 Å². The van der Waals surface area contributed by atoms with Crippen LogP contribution >= 0.6 is 0 Å². The van der Waals surface area contributed by atoms with Gasteiger partial charge in [0.25, 0.3) is 5.91 Å². The van der Waals surface area contributed by atoms with Gasteiger partial charge in [0.05, 0.1) is 10.9 Å². The zero-order chi connectivity index (χ0) is 25.7. The maximum absolute atomic E-state index is 13.0. The van der Waals surface area contributed by atoms with Crippen LogP contribution in [0.2, 0.25) is 0 Å². The molecule has 0 unspecified atom stereocenters. The van der Waals surface area contributed by atoms with Gasteiger partial charge >= 0.3 is 5.69 Å². The van der Waals surface area contributed by atoms with Crippen molar-refractivity contribution >= 4 is 28.4 Å². The van der Waals surface area contributed by atoms with E-state index in [0.717, 1.165) is 37.1 Å². The zero-order valence-corrected chi connectivity index (χ0v) is 20.7. The van der Waals surface area contributed by atoms with Crippen LogP contribution in [0.1, 0.15) is 44.0 Å². The van der Waals surface area contributed by atoms with Crippen LogP contribution < -0.4 is 11.0 Å². The monoisotopic (exact) mass is 486 g/mol. The Morgan fingerprint density at radius 3 is 2.61 bits per heavy atom. The summed E-state index contributed by atoms with van der Waals surface area (Å²) in [4.78, 5) is 39.3. The van der Waals surface area contributed by atoms with Crippen molar-refractivity contribution in [1.29, 1.82) is 0 Å². The molecule has 36 heavy (non-hydrogen) atoms. The third-order valence-corrected chi connectivity index (χ3v) is 6.15. The van der Waals surface area contributed by atoms with E-state index >= 15 is 0 Å². The highest BCUT2D eigenvalue weighted by molar-refractivity contribution is 5.95. The highest BCUT2D eigenvalue weighted by Crippen LogP contribution is 2.27. The number of benzene rings is 1. The predicted molar refractivity (Wildman–Crippen MR) is 140 cm³/mol. The Balaban J connectivity index is 0.00000148. The highest BCUT2D eigenvalue weighted by atomic mass is 16.5. The molecule has 4 aromatic rings. The molecule has 1 aliphatic heterocycles. The number of carbonyl (C=O) groups excluding carboxylic acids is 1. The number of aromatic nitrogens is 4. The molecule has 0 aliphatic carbocycles. The number of anilines is 2. The van der Waals surface area contributed by atoms with Gasteiger partial charge in [-0.2, -0.15) is 4.98 Å². The lowest BCUT2D eigenvalue weighted by Crippen LogP contribution is -2.37. The van der Waals surface area contributed by atoms with E-state index in [2.05, 4.69) is 27.2 Å². The van der Waals surface area contributed by atoms with Gasteiger partial charge in [0.15, 0.2) is 5.65 Å². The molecule has 0 atom stereocenters. The molecule has 1 aliphatic rings. The number of fused-ring (bicyclic) bond motifs is 1. The van der Waals surface area contributed by atoms with Crippen LogP contribution in [-0.4, -0.2) is 48.8 Å². The average Bonchev–Trinajstić information content (AvgIpc) is 2.93. The summed E-state index contributed by atoms with van der Waals surface area (Å²) >= 11 is 0. The second-order valence-electron chi connectivity index (χ2n) is 8.57. The number of hydrogen-bond acceptors (Lipinski definition) is 7. The van der Waals surface area contributed by atoms with E-state index in [1.54, 1.807) is 24.5 Å². The third-order valence-electron chi connectivity index (χ3n) is 6.15. The Kier molecular flexibility index (Phi) is 7.58. The van der Waals surface area contributed by atoms with Gasteiger partial charge in [-0.3, -0.25) is 9.78 Å². The lowest BCUT2D eigenvalue weighted by atomic mass is 9.98. The Morgan fingerprint density at radius 1 is 1.06 bits per heavy atom. The van der Waals surface area contributed by atoms with Gasteiger partial charge in [-0.15, -0.1) is 4.73 Å². The first-order chi connectivity index (χ1) is 17.5. The Morgan fingerprint density at radius 2 is 1.83 bits per heavy atom. The lowest BCUT2D eigenvalue weighted by molar-refractivity contribution is 0.0697. The fraction of sp³-hybridized carbons (Fsp3) is 0.296. The number of pyridine rings is 2. The fourth-order valence-corrected chi connectivity index (χ4v) is 4.16. The van der Waals surface area contributed by atoms with Gasteiger partial charge in [0.2, 0.25) is 0 Å². The number of nitrogens with zero attached hydrogens (tertiary/aromatic N) is 5. The van der Waals surface area contributed by atoms with Crippen LogP contribution in [0.3, 0.4) is 0 Å². The molecule has 1 saturated heterocycles. The second-order valence-corrected chi connectivity index (χ2v) is 8.57. The van der Waals surface area contributed by atoms with Gasteiger partial charge in [0.1, 0.15) is 5.82 Å². The smallest absolute Gasteiger partial charge is 0.384 e. The first-order valence-electron chi connectivity index (χ1n) is 12.2. The van der Waals surface area contributed by atoms with Crippen LogP contribution in [0.25, 0.3) is 22.2 Å². The van der Waals surface area contributed by atoms with E-state index in [4.69, 9.17) is 0 Å². The summed E-state index contributed by atoms with van der Waals surface area (Å²) in [5.74, 6) is 0.941. The summed E-state index contributed by atoms with van der Waals surface area (Å²) in [5.41, 5.74) is 2.21. The molecule has 4 heterocycles.